The van der Waals surface area contributed by atoms with Crippen LogP contribution in [0.4, 0.5) is 5.82 Å². The molecule has 4 aromatic rings. The molecule has 31 heavy (non-hydrogen) atoms. The van der Waals surface area contributed by atoms with Crippen LogP contribution in [0.5, 0.6) is 11.5 Å². The third-order valence-corrected chi connectivity index (χ3v) is 5.51. The topological polar surface area (TPSA) is 122 Å². The number of aryl methyl sites for hydroxylation is 1. The molecule has 3 aromatic heterocycles. The molecule has 0 saturated heterocycles. The van der Waals surface area contributed by atoms with Gasteiger partial charge in [-0.2, -0.15) is 0 Å². The number of thioether (sulfide) groups is 1. The number of nitrogens with one attached hydrogen (secondary N) is 1. The van der Waals surface area contributed by atoms with E-state index in [1.165, 1.54) is 10.8 Å². The van der Waals surface area contributed by atoms with E-state index >= 15 is 0 Å². The van der Waals surface area contributed by atoms with E-state index in [2.05, 4.69) is 15.5 Å². The number of ether oxygens (including phenoxy) is 2. The van der Waals surface area contributed by atoms with E-state index in [1.807, 2.05) is 0 Å². The van der Waals surface area contributed by atoms with Crippen molar-refractivity contribution in [1.29, 1.82) is 0 Å². The summed E-state index contributed by atoms with van der Waals surface area (Å²) in [5.41, 5.74) is 0.190. The highest BCUT2D eigenvalue weighted by Crippen LogP contribution is 2.35. The summed E-state index contributed by atoms with van der Waals surface area (Å²) in [6.07, 6.45) is 1.53. The van der Waals surface area contributed by atoms with Crippen LogP contribution in [0.2, 0.25) is 0 Å². The molecule has 5 rings (SSSR count). The highest BCUT2D eigenvalue weighted by Gasteiger charge is 2.20. The van der Waals surface area contributed by atoms with Crippen LogP contribution in [0.1, 0.15) is 11.5 Å². The Bertz CT molecular complexity index is 1330. The maximum Gasteiger partial charge on any atom is 0.262 e. The lowest BCUT2D eigenvalue weighted by atomic mass is 10.2. The lowest BCUT2D eigenvalue weighted by Crippen LogP contribution is -2.24. The van der Waals surface area contributed by atoms with Gasteiger partial charge in [0.2, 0.25) is 12.7 Å². The number of hydrogen-bond donors (Lipinski definition) is 1. The Morgan fingerprint density at radius 3 is 2.84 bits per heavy atom. The van der Waals surface area contributed by atoms with Gasteiger partial charge in [-0.25, -0.2) is 4.98 Å². The van der Waals surface area contributed by atoms with Gasteiger partial charge in [0.1, 0.15) is 11.5 Å². The first kappa shape index (κ1) is 19.2. The van der Waals surface area contributed by atoms with E-state index < -0.39 is 0 Å². The minimum atomic E-state index is -0.303. The fourth-order valence-electron chi connectivity index (χ4n) is 3.13. The Hall–Kier alpha value is -3.73. The summed E-state index contributed by atoms with van der Waals surface area (Å²) in [6.45, 7) is 2.00. The van der Waals surface area contributed by atoms with Crippen molar-refractivity contribution in [1.82, 2.24) is 14.7 Å². The molecule has 1 amide bonds. The van der Waals surface area contributed by atoms with Crippen molar-refractivity contribution in [2.24, 2.45) is 0 Å². The number of furan rings is 1. The van der Waals surface area contributed by atoms with Crippen molar-refractivity contribution in [3.05, 3.63) is 58.5 Å². The smallest absolute Gasteiger partial charge is 0.262 e. The van der Waals surface area contributed by atoms with Crippen molar-refractivity contribution >= 4 is 34.4 Å². The fraction of sp³-hybridized carbons (Fsp3) is 0.200. The predicted octanol–water partition coefficient (Wildman–Crippen LogP) is 2.79. The average molecular weight is 440 g/mol. The third-order valence-electron chi connectivity index (χ3n) is 4.54. The number of rotatable bonds is 6. The molecule has 158 valence electrons. The van der Waals surface area contributed by atoms with E-state index in [4.69, 9.17) is 18.4 Å². The predicted molar refractivity (Wildman–Crippen MR) is 111 cm³/mol. The molecule has 0 atom stereocenters. The Morgan fingerprint density at radius 2 is 2.10 bits per heavy atom. The molecule has 0 unspecified atom stereocenters. The number of amides is 1. The maximum atomic E-state index is 13.3. The van der Waals surface area contributed by atoms with Gasteiger partial charge < -0.3 is 23.7 Å². The lowest BCUT2D eigenvalue weighted by Gasteiger charge is -2.12. The Balaban J connectivity index is 1.47. The quantitative estimate of drug-likeness (QED) is 0.356. The van der Waals surface area contributed by atoms with E-state index in [0.29, 0.717) is 44.9 Å². The molecule has 10 nitrogen and oxygen atoms in total. The number of nitrogens with zero attached hydrogens (tertiary/aromatic N) is 3. The first-order valence-corrected chi connectivity index (χ1v) is 10.3. The number of benzene rings is 1. The van der Waals surface area contributed by atoms with Crippen LogP contribution in [0.25, 0.3) is 10.9 Å². The van der Waals surface area contributed by atoms with Gasteiger partial charge in [-0.1, -0.05) is 16.9 Å². The summed E-state index contributed by atoms with van der Waals surface area (Å²) in [5, 5.41) is 7.16. The first-order chi connectivity index (χ1) is 15.1. The monoisotopic (exact) mass is 440 g/mol. The molecule has 1 aliphatic heterocycles. The number of anilines is 1. The lowest BCUT2D eigenvalue weighted by molar-refractivity contribution is -0.113. The zero-order chi connectivity index (χ0) is 21.4. The van der Waals surface area contributed by atoms with Gasteiger partial charge in [0, 0.05) is 12.1 Å². The molecule has 11 heteroatoms. The van der Waals surface area contributed by atoms with E-state index in [0.717, 1.165) is 11.8 Å². The van der Waals surface area contributed by atoms with Crippen molar-refractivity contribution in [3.63, 3.8) is 0 Å². The van der Waals surface area contributed by atoms with Crippen LogP contribution in [-0.2, 0) is 11.3 Å². The number of aromatic nitrogens is 3. The minimum absolute atomic E-state index is 0.0204. The van der Waals surface area contributed by atoms with Gasteiger partial charge in [-0.05, 0) is 25.1 Å². The summed E-state index contributed by atoms with van der Waals surface area (Å²) >= 11 is 1.13. The van der Waals surface area contributed by atoms with E-state index in [1.54, 1.807) is 37.3 Å². The summed E-state index contributed by atoms with van der Waals surface area (Å²) in [7, 11) is 0. The first-order valence-electron chi connectivity index (χ1n) is 9.29. The molecule has 0 radical (unpaired) electrons. The zero-order valence-electron chi connectivity index (χ0n) is 16.3. The van der Waals surface area contributed by atoms with Crippen LogP contribution >= 0.6 is 11.8 Å². The Kier molecular flexibility index (Phi) is 4.86. The van der Waals surface area contributed by atoms with Crippen LogP contribution in [-0.4, -0.2) is 33.2 Å². The summed E-state index contributed by atoms with van der Waals surface area (Å²) in [4.78, 5) is 30.2. The van der Waals surface area contributed by atoms with E-state index in [-0.39, 0.29) is 30.6 Å². The molecule has 1 aromatic carbocycles. The summed E-state index contributed by atoms with van der Waals surface area (Å²) in [5.74, 6) is 2.25. The van der Waals surface area contributed by atoms with Gasteiger partial charge >= 0.3 is 0 Å². The second kappa shape index (κ2) is 7.84. The summed E-state index contributed by atoms with van der Waals surface area (Å²) < 4.78 is 22.6. The highest BCUT2D eigenvalue weighted by atomic mass is 32.2. The number of carbonyl (C=O) groups is 1. The molecular weight excluding hydrogens is 424 g/mol. The normalized spacial score (nSPS) is 12.4. The van der Waals surface area contributed by atoms with Crippen molar-refractivity contribution < 1.29 is 23.2 Å². The standard InChI is InChI=1S/C20H16N4O6S/c1-11-5-17(23-30-11)22-18(25)9-31-20-21-14-7-16-15(28-10-29-16)6-13(14)19(26)24(20)8-12-3-2-4-27-12/h2-7H,8-10H2,1H3,(H,22,23,25). The fourth-order valence-corrected chi connectivity index (χ4v) is 3.93. The van der Waals surface area contributed by atoms with Crippen molar-refractivity contribution in [2.45, 2.75) is 18.6 Å². The molecule has 1 N–H and O–H groups in total. The van der Waals surface area contributed by atoms with Gasteiger partial charge in [0.25, 0.3) is 5.56 Å². The molecule has 4 heterocycles. The maximum absolute atomic E-state index is 13.3. The molecular formula is C20H16N4O6S. The Labute approximate surface area is 179 Å². The molecule has 0 aliphatic carbocycles. The molecule has 0 spiro atoms. The molecule has 1 aliphatic rings. The Morgan fingerprint density at radius 1 is 1.26 bits per heavy atom. The van der Waals surface area contributed by atoms with Crippen LogP contribution in [0, 0.1) is 6.92 Å². The van der Waals surface area contributed by atoms with Gasteiger partial charge in [-0.15, -0.1) is 0 Å². The second-order valence-electron chi connectivity index (χ2n) is 6.75. The number of fused-ring (bicyclic) bond motifs is 2. The van der Waals surface area contributed by atoms with Gasteiger partial charge in [0.15, 0.2) is 22.5 Å². The SMILES string of the molecule is Cc1cc(NC(=O)CSc2nc3cc4c(cc3c(=O)n2Cc2ccco2)OCO4)no1. The largest absolute Gasteiger partial charge is 0.467 e. The second-order valence-corrected chi connectivity index (χ2v) is 7.69. The van der Waals surface area contributed by atoms with Crippen molar-refractivity contribution in [3.8, 4) is 11.5 Å². The number of carbonyl (C=O) groups excluding carboxylic acids is 1. The molecule has 0 saturated carbocycles. The third kappa shape index (κ3) is 3.87. The van der Waals surface area contributed by atoms with Crippen LogP contribution in [0.15, 0.2) is 55.5 Å². The molecule has 0 bridgehead atoms. The zero-order valence-corrected chi connectivity index (χ0v) is 17.1. The summed E-state index contributed by atoms with van der Waals surface area (Å²) in [6, 6.07) is 8.42. The van der Waals surface area contributed by atoms with E-state index in [9.17, 15) is 9.59 Å². The average Bonchev–Trinajstić information content (AvgIpc) is 3.50. The van der Waals surface area contributed by atoms with Gasteiger partial charge in [0.05, 0.1) is 29.5 Å². The minimum Gasteiger partial charge on any atom is -0.467 e. The van der Waals surface area contributed by atoms with Crippen LogP contribution in [0.3, 0.4) is 0 Å². The highest BCUT2D eigenvalue weighted by molar-refractivity contribution is 7.99. The van der Waals surface area contributed by atoms with Crippen molar-refractivity contribution in [2.75, 3.05) is 17.9 Å². The van der Waals surface area contributed by atoms with Gasteiger partial charge in [-0.3, -0.25) is 14.2 Å². The molecule has 0 fully saturated rings. The van der Waals surface area contributed by atoms with Crippen LogP contribution < -0.4 is 20.3 Å². The number of hydrogen-bond acceptors (Lipinski definition) is 9.